The number of alkyl halides is 1. The Bertz CT molecular complexity index is 350. The molecule has 1 aromatic rings. The molecule has 0 spiro atoms. The first-order chi connectivity index (χ1) is 7.67. The minimum atomic E-state index is -0.494. The summed E-state index contributed by atoms with van der Waals surface area (Å²) in [7, 11) is 0. The van der Waals surface area contributed by atoms with E-state index in [1.54, 1.807) is 0 Å². The summed E-state index contributed by atoms with van der Waals surface area (Å²) in [5.41, 5.74) is 0.715. The minimum Gasteiger partial charge on any atom is -0.299 e. The third kappa shape index (κ3) is 3.01. The van der Waals surface area contributed by atoms with E-state index < -0.39 is 11.6 Å². The van der Waals surface area contributed by atoms with Crippen LogP contribution in [0.25, 0.3) is 0 Å². The van der Waals surface area contributed by atoms with Crippen molar-refractivity contribution in [3.63, 3.8) is 0 Å². The first kappa shape index (κ1) is 12.0. The highest BCUT2D eigenvalue weighted by molar-refractivity contribution is 9.09. The molecule has 0 radical (unpaired) electrons. The fourth-order valence-corrected chi connectivity index (χ4v) is 2.67. The van der Waals surface area contributed by atoms with Crippen LogP contribution in [0, 0.1) is 17.6 Å². The molecule has 1 aliphatic rings. The lowest BCUT2D eigenvalue weighted by atomic mass is 10.2. The van der Waals surface area contributed by atoms with Crippen molar-refractivity contribution in [1.82, 2.24) is 4.90 Å². The van der Waals surface area contributed by atoms with Crippen LogP contribution in [0.1, 0.15) is 12.0 Å². The van der Waals surface area contributed by atoms with E-state index in [9.17, 15) is 8.78 Å². The summed E-state index contributed by atoms with van der Waals surface area (Å²) in [6, 6.07) is 3.73. The molecule has 4 heteroatoms. The summed E-state index contributed by atoms with van der Waals surface area (Å²) in [5.74, 6) is -0.323. The van der Waals surface area contributed by atoms with E-state index >= 15 is 0 Å². The van der Waals surface area contributed by atoms with Gasteiger partial charge in [0.15, 0.2) is 0 Å². The van der Waals surface area contributed by atoms with E-state index in [4.69, 9.17) is 0 Å². The molecule has 0 aromatic heterocycles. The molecule has 0 amide bonds. The molecular weight excluding hydrogens is 276 g/mol. The molecule has 0 saturated carbocycles. The van der Waals surface area contributed by atoms with Crippen molar-refractivity contribution in [2.45, 2.75) is 13.0 Å². The second kappa shape index (κ2) is 5.23. The van der Waals surface area contributed by atoms with Gasteiger partial charge in [0.05, 0.1) is 0 Å². The lowest BCUT2D eigenvalue weighted by Crippen LogP contribution is -2.20. The fourth-order valence-electron chi connectivity index (χ4n) is 2.14. The maximum atomic E-state index is 13.0. The van der Waals surface area contributed by atoms with Crippen molar-refractivity contribution in [1.29, 1.82) is 0 Å². The van der Waals surface area contributed by atoms with Gasteiger partial charge in [0.25, 0.3) is 0 Å². The summed E-state index contributed by atoms with van der Waals surface area (Å²) in [5, 5.41) is 1.00. The van der Waals surface area contributed by atoms with Gasteiger partial charge in [-0.05, 0) is 36.6 Å². The van der Waals surface area contributed by atoms with Gasteiger partial charge in [-0.3, -0.25) is 4.90 Å². The average Bonchev–Trinajstić information content (AvgIpc) is 2.64. The zero-order valence-electron chi connectivity index (χ0n) is 8.93. The molecule has 1 heterocycles. The molecule has 0 aliphatic carbocycles. The highest BCUT2D eigenvalue weighted by Gasteiger charge is 2.21. The van der Waals surface area contributed by atoms with Gasteiger partial charge < -0.3 is 0 Å². The van der Waals surface area contributed by atoms with Gasteiger partial charge in [0.2, 0.25) is 0 Å². The van der Waals surface area contributed by atoms with Gasteiger partial charge in [-0.1, -0.05) is 15.9 Å². The van der Waals surface area contributed by atoms with Gasteiger partial charge in [0, 0.05) is 24.5 Å². The van der Waals surface area contributed by atoms with Crippen molar-refractivity contribution in [2.24, 2.45) is 5.92 Å². The standard InChI is InChI=1S/C12H14BrF2N/c13-6-9-1-2-16(7-9)8-10-3-11(14)5-12(15)4-10/h3-5,9H,1-2,6-8H2. The maximum absolute atomic E-state index is 13.0. The molecule has 0 N–H and O–H groups in total. The Balaban J connectivity index is 1.99. The second-order valence-electron chi connectivity index (χ2n) is 4.32. The smallest absolute Gasteiger partial charge is 0.126 e. The number of hydrogen-bond acceptors (Lipinski definition) is 1. The van der Waals surface area contributed by atoms with Gasteiger partial charge >= 0.3 is 0 Å². The highest BCUT2D eigenvalue weighted by Crippen LogP contribution is 2.20. The van der Waals surface area contributed by atoms with E-state index in [0.717, 1.165) is 30.9 Å². The van der Waals surface area contributed by atoms with Crippen molar-refractivity contribution < 1.29 is 8.78 Å². The van der Waals surface area contributed by atoms with Crippen molar-refractivity contribution in [2.75, 3.05) is 18.4 Å². The van der Waals surface area contributed by atoms with E-state index in [2.05, 4.69) is 20.8 Å². The molecule has 16 heavy (non-hydrogen) atoms. The molecule has 88 valence electrons. The SMILES string of the molecule is Fc1cc(F)cc(CN2CCC(CBr)C2)c1. The molecule has 1 saturated heterocycles. The van der Waals surface area contributed by atoms with Gasteiger partial charge in [-0.15, -0.1) is 0 Å². The van der Waals surface area contributed by atoms with E-state index in [1.165, 1.54) is 12.1 Å². The summed E-state index contributed by atoms with van der Waals surface area (Å²) < 4.78 is 26.0. The molecule has 1 unspecified atom stereocenters. The Kier molecular flexibility index (Phi) is 3.92. The van der Waals surface area contributed by atoms with E-state index in [1.807, 2.05) is 0 Å². The van der Waals surface area contributed by atoms with Crippen LogP contribution < -0.4 is 0 Å². The van der Waals surface area contributed by atoms with Crippen LogP contribution in [0.5, 0.6) is 0 Å². The van der Waals surface area contributed by atoms with Gasteiger partial charge in [0.1, 0.15) is 11.6 Å². The Hall–Kier alpha value is -0.480. The van der Waals surface area contributed by atoms with Gasteiger partial charge in [-0.25, -0.2) is 8.78 Å². The maximum Gasteiger partial charge on any atom is 0.126 e. The van der Waals surface area contributed by atoms with Crippen LogP contribution in [-0.4, -0.2) is 23.3 Å². The Labute approximate surface area is 103 Å². The van der Waals surface area contributed by atoms with Crippen molar-refractivity contribution in [3.8, 4) is 0 Å². The normalized spacial score (nSPS) is 21.6. The van der Waals surface area contributed by atoms with E-state index in [0.29, 0.717) is 18.0 Å². The summed E-state index contributed by atoms with van der Waals surface area (Å²) >= 11 is 3.47. The molecule has 0 bridgehead atoms. The zero-order valence-corrected chi connectivity index (χ0v) is 10.5. The first-order valence-electron chi connectivity index (χ1n) is 5.40. The fraction of sp³-hybridized carbons (Fsp3) is 0.500. The molecule has 1 fully saturated rings. The third-order valence-electron chi connectivity index (χ3n) is 2.92. The lowest BCUT2D eigenvalue weighted by Gasteiger charge is -2.15. The average molecular weight is 290 g/mol. The van der Waals surface area contributed by atoms with Crippen LogP contribution in [0.2, 0.25) is 0 Å². The molecule has 1 aromatic carbocycles. The molecule has 2 rings (SSSR count). The lowest BCUT2D eigenvalue weighted by molar-refractivity contribution is 0.320. The predicted molar refractivity (Wildman–Crippen MR) is 63.5 cm³/mol. The number of benzene rings is 1. The minimum absolute atomic E-state index is 0.494. The Morgan fingerprint density at radius 3 is 2.50 bits per heavy atom. The van der Waals surface area contributed by atoms with Crippen LogP contribution in [-0.2, 0) is 6.54 Å². The molecule has 1 atom stereocenters. The van der Waals surface area contributed by atoms with Crippen LogP contribution >= 0.6 is 15.9 Å². The number of hydrogen-bond donors (Lipinski definition) is 0. The Morgan fingerprint density at radius 2 is 1.94 bits per heavy atom. The highest BCUT2D eigenvalue weighted by atomic mass is 79.9. The zero-order chi connectivity index (χ0) is 11.5. The second-order valence-corrected chi connectivity index (χ2v) is 4.97. The summed E-state index contributed by atoms with van der Waals surface area (Å²) in [4.78, 5) is 2.24. The van der Waals surface area contributed by atoms with Crippen molar-refractivity contribution >= 4 is 15.9 Å². The predicted octanol–water partition coefficient (Wildman–Crippen LogP) is 3.18. The summed E-state index contributed by atoms with van der Waals surface area (Å²) in [6.45, 7) is 2.65. The number of halogens is 3. The number of rotatable bonds is 3. The quantitative estimate of drug-likeness (QED) is 0.773. The van der Waals surface area contributed by atoms with E-state index in [-0.39, 0.29) is 0 Å². The topological polar surface area (TPSA) is 3.24 Å². The number of nitrogens with zero attached hydrogens (tertiary/aromatic N) is 1. The Morgan fingerprint density at radius 1 is 1.25 bits per heavy atom. The van der Waals surface area contributed by atoms with Crippen LogP contribution in [0.4, 0.5) is 8.78 Å². The van der Waals surface area contributed by atoms with Crippen molar-refractivity contribution in [3.05, 3.63) is 35.4 Å². The molecule has 1 nitrogen and oxygen atoms in total. The molecular formula is C12H14BrF2N. The third-order valence-corrected chi connectivity index (χ3v) is 3.83. The summed E-state index contributed by atoms with van der Waals surface area (Å²) in [6.07, 6.45) is 1.16. The van der Waals surface area contributed by atoms with Crippen LogP contribution in [0.15, 0.2) is 18.2 Å². The number of likely N-dealkylation sites (tertiary alicyclic amines) is 1. The first-order valence-corrected chi connectivity index (χ1v) is 6.53. The largest absolute Gasteiger partial charge is 0.299 e. The van der Waals surface area contributed by atoms with Gasteiger partial charge in [-0.2, -0.15) is 0 Å². The monoisotopic (exact) mass is 289 g/mol. The van der Waals surface area contributed by atoms with Crippen LogP contribution in [0.3, 0.4) is 0 Å². The molecule has 1 aliphatic heterocycles.